The van der Waals surface area contributed by atoms with Crippen LogP contribution in [0.2, 0.25) is 0 Å². The average molecular weight is 1750 g/mol. The Labute approximate surface area is 775 Å². The van der Waals surface area contributed by atoms with Crippen molar-refractivity contribution in [2.75, 3.05) is 0 Å². The number of hydrogen-bond acceptors (Lipinski definition) is 9. The van der Waals surface area contributed by atoms with Crippen molar-refractivity contribution >= 4 is 224 Å². The van der Waals surface area contributed by atoms with Crippen LogP contribution in [0, 0.1) is 35.5 Å². The number of allylic oxidation sites excluding steroid dienone is 12. The molecule has 8 nitrogen and oxygen atoms in total. The third-order valence-electron chi connectivity index (χ3n) is 29.7. The summed E-state index contributed by atoms with van der Waals surface area (Å²) in [5, 5.41) is 28.6. The number of carbonyl (C=O) groups is 6. The van der Waals surface area contributed by atoms with Crippen LogP contribution in [0.15, 0.2) is 409 Å². The summed E-state index contributed by atoms with van der Waals surface area (Å²) in [6.45, 7) is 0. The molecule has 3 heterocycles. The van der Waals surface area contributed by atoms with Crippen LogP contribution in [-0.2, 0) is 28.8 Å². The maximum atomic E-state index is 12.8. The summed E-state index contributed by atoms with van der Waals surface area (Å²) in [5.74, 6) is -4.57. The van der Waals surface area contributed by atoms with Crippen molar-refractivity contribution in [3.63, 3.8) is 0 Å². The summed E-state index contributed by atoms with van der Waals surface area (Å²) in [6, 6.07) is 124. The molecule has 135 heavy (non-hydrogen) atoms. The Morgan fingerprint density at radius 1 is 0.200 bits per heavy atom. The zero-order valence-corrected chi connectivity index (χ0v) is 73.1. The van der Waals surface area contributed by atoms with Gasteiger partial charge < -0.3 is 8.83 Å². The molecule has 6 unspecified atom stereocenters. The Bertz CT molecular complexity index is 9220. The maximum absolute atomic E-state index is 12.8. The first-order valence-corrected chi connectivity index (χ1v) is 46.8. The highest BCUT2D eigenvalue weighted by Gasteiger charge is 2.43. The first-order chi connectivity index (χ1) is 66.4. The van der Waals surface area contributed by atoms with Gasteiger partial charge in [0, 0.05) is 52.8 Å². The van der Waals surface area contributed by atoms with E-state index < -0.39 is 35.5 Å². The molecule has 21 aromatic carbocycles. The molecule has 0 aliphatic heterocycles. The van der Waals surface area contributed by atoms with Crippen LogP contribution in [0.1, 0.15) is 16.7 Å². The number of fused-ring (bicyclic) bond motifs is 12. The van der Waals surface area contributed by atoms with Gasteiger partial charge in [0.05, 0.1) is 35.5 Å². The lowest BCUT2D eigenvalue weighted by atomic mass is 9.72. The van der Waals surface area contributed by atoms with E-state index in [1.807, 2.05) is 96.4 Å². The van der Waals surface area contributed by atoms with Crippen molar-refractivity contribution in [1.29, 1.82) is 0 Å². The van der Waals surface area contributed by atoms with Crippen molar-refractivity contribution < 1.29 is 37.6 Å². The van der Waals surface area contributed by atoms with Crippen LogP contribution in [0.4, 0.5) is 0 Å². The van der Waals surface area contributed by atoms with Gasteiger partial charge in [-0.1, -0.05) is 358 Å². The molecule has 3 aromatic heterocycles. The normalized spacial score (nSPS) is 17.9. The van der Waals surface area contributed by atoms with Crippen LogP contribution in [0.5, 0.6) is 0 Å². The standard InChI is InChI=1S/2C42H24O3.C42H24O2S/c43-40-27-16-21-34(41(40)44)36(22-27)30-18-13-26-14-19-32-28(17-12-25-15-20-33(30)39(26)38(25)32)23-8-10-24(11-9-23)29-5-3-6-35-31-4-1-2-7-37(31)45-42(29)35;43-40-29-16-17-34(41(40)44)36(22-29)31-20-27-14-12-25-18-30(19-26-13-15-28(21-31)39(27)38(25)26)23-8-10-24(11-9-23)32-5-3-6-35-33-4-1-2-7-37(33)45-42(32)35;43-40-27-16-21-34(41(40)44)36(22-27)30-18-13-26-14-19-32-28(17-12-25-15-20-33(30)39(26)38(25)32)23-8-10-24(11-9-23)29-5-3-6-35-31-4-1-2-7-37(31)45-42(29)35/h1-22,27,34H;1-22,29,34H;1-22,27,34H. The molecule has 24 aromatic rings. The number of thiophene rings is 1. The highest BCUT2D eigenvalue weighted by atomic mass is 32.1. The molecule has 0 N–H and O–H groups in total. The molecule has 6 bridgehead atoms. The molecule has 0 saturated carbocycles. The van der Waals surface area contributed by atoms with Crippen LogP contribution in [0.25, 0.3) is 244 Å². The number of carbonyl (C=O) groups excluding carboxylic acids is 6. The SMILES string of the molecule is O=C1C(=O)C2C=CC1C=C2c1cc2ccc3cc(-c4ccc(-c5cccc6c5oc5ccccc56)cc4)cc4ccc(c1)c2c34.O=C1C(=O)C2C=CC1C=C2c1ccc2ccc3c(-c4ccc(-c5cccc6c5oc5ccccc56)cc4)ccc4ccc1c2c43.O=C1C(=O)C2C=CC1C=C2c1ccc2ccc3c(-c4ccc(-c5cccc6c5sc5ccccc56)cc4)ccc4ccc1c2c43. The number of benzene rings is 21. The molecule has 9 heteroatoms. The second-order valence-corrected chi connectivity index (χ2v) is 37.9. The molecule has 9 aliphatic rings. The van der Waals surface area contributed by atoms with Crippen LogP contribution in [0.3, 0.4) is 0 Å². The van der Waals surface area contributed by atoms with Crippen molar-refractivity contribution in [3.05, 3.63) is 417 Å². The Morgan fingerprint density at radius 2 is 0.519 bits per heavy atom. The quantitative estimate of drug-likeness (QED) is 0.0794. The number of rotatable bonds is 9. The lowest BCUT2D eigenvalue weighted by molar-refractivity contribution is -0.139. The van der Waals surface area contributed by atoms with Gasteiger partial charge in [0.1, 0.15) is 22.3 Å². The average Bonchev–Trinajstić information content (AvgIpc) is 1.14. The molecule has 0 radical (unpaired) electrons. The minimum Gasteiger partial charge on any atom is -0.455 e. The van der Waals surface area contributed by atoms with Gasteiger partial charge >= 0.3 is 0 Å². The smallest absolute Gasteiger partial charge is 0.210 e. The fourth-order valence-corrected chi connectivity index (χ4v) is 24.4. The van der Waals surface area contributed by atoms with E-state index in [2.05, 4.69) is 315 Å². The number of furan rings is 2. The van der Waals surface area contributed by atoms with Crippen molar-refractivity contribution in [1.82, 2.24) is 0 Å². The summed E-state index contributed by atoms with van der Waals surface area (Å²) in [7, 11) is 0. The van der Waals surface area contributed by atoms with Gasteiger partial charge in [-0.3, -0.25) is 28.8 Å². The highest BCUT2D eigenvalue weighted by Crippen LogP contribution is 2.52. The molecule has 33 rings (SSSR count). The van der Waals surface area contributed by atoms with Crippen molar-refractivity contribution in [3.8, 4) is 66.8 Å². The first kappa shape index (κ1) is 76.8. The van der Waals surface area contributed by atoms with Crippen LogP contribution in [-0.4, -0.2) is 34.7 Å². The van der Waals surface area contributed by atoms with E-state index in [0.29, 0.717) is 0 Å². The largest absolute Gasteiger partial charge is 0.455 e. The minimum atomic E-state index is -0.500. The molecule has 0 amide bonds. The second kappa shape index (κ2) is 29.3. The summed E-state index contributed by atoms with van der Waals surface area (Å²) in [6.07, 6.45) is 17.2. The van der Waals surface area contributed by atoms with Crippen molar-refractivity contribution in [2.24, 2.45) is 35.5 Å². The van der Waals surface area contributed by atoms with Gasteiger partial charge in [-0.15, -0.1) is 11.3 Å². The monoisotopic (exact) mass is 1740 g/mol. The zero-order chi connectivity index (χ0) is 89.4. The van der Waals surface area contributed by atoms with E-state index in [0.717, 1.165) is 138 Å². The molecule has 9 aliphatic carbocycles. The van der Waals surface area contributed by atoms with E-state index in [9.17, 15) is 28.8 Å². The van der Waals surface area contributed by atoms with Gasteiger partial charge in [0.2, 0.25) is 34.7 Å². The molecular formula is C126H72O8S. The van der Waals surface area contributed by atoms with E-state index in [1.165, 1.54) is 124 Å². The number of ketones is 6. The van der Waals surface area contributed by atoms with E-state index >= 15 is 0 Å². The Kier molecular flexibility index (Phi) is 16.7. The lowest BCUT2D eigenvalue weighted by Crippen LogP contribution is -2.36. The van der Waals surface area contributed by atoms with Gasteiger partial charge in [-0.2, -0.15) is 0 Å². The molecule has 630 valence electrons. The highest BCUT2D eigenvalue weighted by molar-refractivity contribution is 7.26. The number of Topliss-reactive ketones (excluding diaryl/α,β-unsaturated/α-hetero) is 6. The van der Waals surface area contributed by atoms with Crippen LogP contribution < -0.4 is 0 Å². The summed E-state index contributed by atoms with van der Waals surface area (Å²) < 4.78 is 15.3. The fraction of sp³-hybridized carbons (Fsp3) is 0.0476. The molecule has 0 saturated heterocycles. The van der Waals surface area contributed by atoms with Gasteiger partial charge in [0.15, 0.2) is 0 Å². The summed E-state index contributed by atoms with van der Waals surface area (Å²) in [4.78, 5) is 75.4. The minimum absolute atomic E-state index is 0.292. The van der Waals surface area contributed by atoms with Gasteiger partial charge in [0.25, 0.3) is 0 Å². The van der Waals surface area contributed by atoms with Crippen molar-refractivity contribution in [2.45, 2.75) is 0 Å². The summed E-state index contributed by atoms with van der Waals surface area (Å²) in [5.41, 5.74) is 23.5. The number of para-hydroxylation sites is 4. The molecular weight excluding hydrogens is 1670 g/mol. The Balaban J connectivity index is 0.000000101. The maximum Gasteiger partial charge on any atom is 0.210 e. The van der Waals surface area contributed by atoms with E-state index in [4.69, 9.17) is 8.83 Å². The predicted octanol–water partition coefficient (Wildman–Crippen LogP) is 30.9. The van der Waals surface area contributed by atoms with E-state index in [1.54, 1.807) is 0 Å². The Morgan fingerprint density at radius 3 is 0.948 bits per heavy atom. The molecule has 6 atom stereocenters. The van der Waals surface area contributed by atoms with Gasteiger partial charge in [-0.05, 0) is 228 Å². The predicted molar refractivity (Wildman–Crippen MR) is 553 cm³/mol. The first-order valence-electron chi connectivity index (χ1n) is 46.0. The van der Waals surface area contributed by atoms with E-state index in [-0.39, 0.29) is 34.7 Å². The lowest BCUT2D eigenvalue weighted by Gasteiger charge is -2.29. The third-order valence-corrected chi connectivity index (χ3v) is 30.9. The third kappa shape index (κ3) is 11.6. The topological polar surface area (TPSA) is 129 Å². The molecule has 0 spiro atoms. The Hall–Kier alpha value is -17.0. The number of hydrogen-bond donors (Lipinski definition) is 0. The molecule has 0 fully saturated rings. The van der Waals surface area contributed by atoms with Crippen LogP contribution >= 0.6 is 11.3 Å². The van der Waals surface area contributed by atoms with Gasteiger partial charge in [-0.25, -0.2) is 0 Å². The fourth-order valence-electron chi connectivity index (χ4n) is 23.2. The second-order valence-electron chi connectivity index (χ2n) is 36.8. The zero-order valence-electron chi connectivity index (χ0n) is 72.2. The summed E-state index contributed by atoms with van der Waals surface area (Å²) >= 11 is 1.86.